The van der Waals surface area contributed by atoms with Gasteiger partial charge in [0.25, 0.3) is 0 Å². The molecule has 0 amide bonds. The van der Waals surface area contributed by atoms with Crippen molar-refractivity contribution in [3.05, 3.63) is 44.9 Å². The molecular weight excluding hydrogens is 328 g/mol. The summed E-state index contributed by atoms with van der Waals surface area (Å²) in [5.41, 5.74) is 3.01. The summed E-state index contributed by atoms with van der Waals surface area (Å²) < 4.78 is 2.81. The molecule has 2 aromatic rings. The van der Waals surface area contributed by atoms with Crippen LogP contribution >= 0.6 is 27.5 Å². The molecule has 102 valence electrons. The van der Waals surface area contributed by atoms with E-state index in [1.165, 1.54) is 0 Å². The van der Waals surface area contributed by atoms with E-state index in [4.69, 9.17) is 11.6 Å². The summed E-state index contributed by atoms with van der Waals surface area (Å²) in [6, 6.07) is 2.21. The maximum absolute atomic E-state index is 6.30. The molecule has 1 atom stereocenters. The summed E-state index contributed by atoms with van der Waals surface area (Å²) in [7, 11) is 3.85. The number of halogens is 2. The van der Waals surface area contributed by atoms with E-state index in [1.807, 2.05) is 31.9 Å². The number of pyridine rings is 1. The first-order valence-corrected chi connectivity index (χ1v) is 7.15. The van der Waals surface area contributed by atoms with Crippen molar-refractivity contribution in [1.82, 2.24) is 20.1 Å². The molecule has 6 heteroatoms. The van der Waals surface area contributed by atoms with Gasteiger partial charge in [-0.25, -0.2) is 0 Å². The predicted molar refractivity (Wildman–Crippen MR) is 80.4 cm³/mol. The summed E-state index contributed by atoms with van der Waals surface area (Å²) in [4.78, 5) is 4.20. The van der Waals surface area contributed by atoms with E-state index in [1.54, 1.807) is 6.20 Å². The van der Waals surface area contributed by atoms with Crippen LogP contribution < -0.4 is 5.32 Å². The normalized spacial score (nSPS) is 12.7. The quantitative estimate of drug-likeness (QED) is 0.928. The molecule has 0 spiro atoms. The molecule has 0 aliphatic carbocycles. The van der Waals surface area contributed by atoms with Crippen LogP contribution in [0.1, 0.15) is 23.0 Å². The summed E-state index contributed by atoms with van der Waals surface area (Å²) in [6.45, 7) is 1.92. The molecule has 0 saturated heterocycles. The highest BCUT2D eigenvalue weighted by Crippen LogP contribution is 2.26. The molecule has 0 aliphatic rings. The van der Waals surface area contributed by atoms with E-state index in [-0.39, 0.29) is 6.04 Å². The number of likely N-dealkylation sites (N-methyl/N-ethyl adjacent to an activating group) is 1. The number of hydrogen-bond donors (Lipinski definition) is 1. The minimum atomic E-state index is 0.150. The molecule has 0 saturated carbocycles. The molecule has 2 aromatic heterocycles. The number of aromatic nitrogens is 3. The maximum Gasteiger partial charge on any atom is 0.0847 e. The zero-order chi connectivity index (χ0) is 14.0. The van der Waals surface area contributed by atoms with Gasteiger partial charge in [-0.2, -0.15) is 5.10 Å². The Hall–Kier alpha value is -0.910. The van der Waals surface area contributed by atoms with Crippen molar-refractivity contribution in [1.29, 1.82) is 0 Å². The lowest BCUT2D eigenvalue weighted by molar-refractivity contribution is 0.559. The zero-order valence-electron chi connectivity index (χ0n) is 11.1. The molecule has 2 rings (SSSR count). The molecule has 0 radical (unpaired) electrons. The fraction of sp³-hybridized carbons (Fsp3) is 0.385. The van der Waals surface area contributed by atoms with E-state index in [0.29, 0.717) is 0 Å². The first-order chi connectivity index (χ1) is 9.02. The van der Waals surface area contributed by atoms with Crippen LogP contribution in [0.5, 0.6) is 0 Å². The Morgan fingerprint density at radius 1 is 1.47 bits per heavy atom. The van der Waals surface area contributed by atoms with Crippen molar-refractivity contribution in [2.24, 2.45) is 7.05 Å². The number of nitrogens with one attached hydrogen (secondary N) is 1. The van der Waals surface area contributed by atoms with Crippen LogP contribution in [0.2, 0.25) is 5.02 Å². The van der Waals surface area contributed by atoms with Crippen molar-refractivity contribution in [2.45, 2.75) is 19.4 Å². The fourth-order valence-corrected chi connectivity index (χ4v) is 2.72. The topological polar surface area (TPSA) is 42.7 Å². The number of nitrogens with zero attached hydrogens (tertiary/aromatic N) is 3. The Bertz CT molecular complexity index is 582. The fourth-order valence-electron chi connectivity index (χ4n) is 2.10. The number of hydrogen-bond acceptors (Lipinski definition) is 3. The average Bonchev–Trinajstić information content (AvgIpc) is 2.61. The third-order valence-electron chi connectivity index (χ3n) is 3.14. The highest BCUT2D eigenvalue weighted by atomic mass is 79.9. The van der Waals surface area contributed by atoms with Crippen LogP contribution in [-0.4, -0.2) is 21.8 Å². The number of rotatable bonds is 4. The smallest absolute Gasteiger partial charge is 0.0847 e. The molecule has 2 heterocycles. The zero-order valence-corrected chi connectivity index (χ0v) is 13.5. The summed E-state index contributed by atoms with van der Waals surface area (Å²) in [5.74, 6) is 0. The van der Waals surface area contributed by atoms with Crippen molar-refractivity contribution in [2.75, 3.05) is 7.05 Å². The van der Waals surface area contributed by atoms with E-state index in [2.05, 4.69) is 37.4 Å². The lowest BCUT2D eigenvalue weighted by Crippen LogP contribution is -2.20. The van der Waals surface area contributed by atoms with Gasteiger partial charge in [0.1, 0.15) is 0 Å². The molecule has 0 fully saturated rings. The average molecular weight is 344 g/mol. The second kappa shape index (κ2) is 6.03. The SMILES string of the molecule is CNC(Cc1c(Cl)c(C)nn1C)c1cncc(Br)c1. The molecule has 1 unspecified atom stereocenters. The Morgan fingerprint density at radius 3 is 2.74 bits per heavy atom. The van der Waals surface area contributed by atoms with Crippen molar-refractivity contribution in [3.8, 4) is 0 Å². The molecule has 0 bridgehead atoms. The molecule has 19 heavy (non-hydrogen) atoms. The van der Waals surface area contributed by atoms with Gasteiger partial charge in [0.05, 0.1) is 16.4 Å². The molecule has 0 aromatic carbocycles. The monoisotopic (exact) mass is 342 g/mol. The van der Waals surface area contributed by atoms with E-state index < -0.39 is 0 Å². The highest BCUT2D eigenvalue weighted by Gasteiger charge is 2.17. The molecule has 4 nitrogen and oxygen atoms in total. The number of aryl methyl sites for hydroxylation is 2. The first kappa shape index (κ1) is 14.5. The van der Waals surface area contributed by atoms with Crippen LogP contribution in [0, 0.1) is 6.92 Å². The summed E-state index contributed by atoms with van der Waals surface area (Å²) in [5, 5.41) is 8.38. The van der Waals surface area contributed by atoms with Gasteiger partial charge in [-0.1, -0.05) is 11.6 Å². The second-order valence-electron chi connectivity index (χ2n) is 4.45. The van der Waals surface area contributed by atoms with E-state index >= 15 is 0 Å². The van der Waals surface area contributed by atoms with Crippen LogP contribution in [0.15, 0.2) is 22.9 Å². The molecule has 1 N–H and O–H groups in total. The Balaban J connectivity index is 2.29. The van der Waals surface area contributed by atoms with Crippen LogP contribution in [0.3, 0.4) is 0 Å². The van der Waals surface area contributed by atoms with Gasteiger partial charge < -0.3 is 5.32 Å². The molecule has 0 aliphatic heterocycles. The van der Waals surface area contributed by atoms with Gasteiger partial charge >= 0.3 is 0 Å². The summed E-state index contributed by atoms with van der Waals surface area (Å²) in [6.07, 6.45) is 4.41. The maximum atomic E-state index is 6.30. The Kier molecular flexibility index (Phi) is 4.60. The van der Waals surface area contributed by atoms with Gasteiger partial charge in [0, 0.05) is 36.4 Å². The van der Waals surface area contributed by atoms with Crippen LogP contribution in [0.4, 0.5) is 0 Å². The largest absolute Gasteiger partial charge is 0.313 e. The van der Waals surface area contributed by atoms with Gasteiger partial charge in [0.2, 0.25) is 0 Å². The minimum absolute atomic E-state index is 0.150. The molecular formula is C13H16BrClN4. The predicted octanol–water partition coefficient (Wildman–Crippen LogP) is 3.04. The third-order valence-corrected chi connectivity index (χ3v) is 4.06. The van der Waals surface area contributed by atoms with Gasteiger partial charge in [-0.15, -0.1) is 0 Å². The van der Waals surface area contributed by atoms with Crippen molar-refractivity contribution >= 4 is 27.5 Å². The lowest BCUT2D eigenvalue weighted by Gasteiger charge is -2.17. The third kappa shape index (κ3) is 3.16. The van der Waals surface area contributed by atoms with Crippen molar-refractivity contribution in [3.63, 3.8) is 0 Å². The minimum Gasteiger partial charge on any atom is -0.313 e. The second-order valence-corrected chi connectivity index (χ2v) is 5.75. The highest BCUT2D eigenvalue weighted by molar-refractivity contribution is 9.10. The lowest BCUT2D eigenvalue weighted by atomic mass is 10.0. The van der Waals surface area contributed by atoms with Gasteiger partial charge in [0.15, 0.2) is 0 Å². The first-order valence-electron chi connectivity index (χ1n) is 5.98. The Labute approximate surface area is 126 Å². The van der Waals surface area contributed by atoms with E-state index in [9.17, 15) is 0 Å². The van der Waals surface area contributed by atoms with Gasteiger partial charge in [-0.3, -0.25) is 9.67 Å². The van der Waals surface area contributed by atoms with Gasteiger partial charge in [-0.05, 0) is 41.5 Å². The summed E-state index contributed by atoms with van der Waals surface area (Å²) >= 11 is 9.74. The van der Waals surface area contributed by atoms with Crippen molar-refractivity contribution < 1.29 is 0 Å². The van der Waals surface area contributed by atoms with E-state index in [0.717, 1.165) is 32.9 Å². The van der Waals surface area contributed by atoms with Crippen LogP contribution in [-0.2, 0) is 13.5 Å². The van der Waals surface area contributed by atoms with Crippen LogP contribution in [0.25, 0.3) is 0 Å². The standard InChI is InChI=1S/C13H16BrClN4/c1-8-13(15)12(19(3)18-8)5-11(16-2)9-4-10(14)7-17-6-9/h4,6-7,11,16H,5H2,1-3H3. The Morgan fingerprint density at radius 2 is 2.21 bits per heavy atom.